The summed E-state index contributed by atoms with van der Waals surface area (Å²) in [4.78, 5) is 18.4. The molecule has 0 radical (unpaired) electrons. The van der Waals surface area contributed by atoms with Gasteiger partial charge >= 0.3 is 0 Å². The molecule has 1 aliphatic heterocycles. The number of pyridine rings is 1. The molecule has 1 aromatic carbocycles. The van der Waals surface area contributed by atoms with Gasteiger partial charge in [-0.25, -0.2) is 23.4 Å². The maximum Gasteiger partial charge on any atom is 0.230 e. The van der Waals surface area contributed by atoms with Crippen molar-refractivity contribution in [3.8, 4) is 23.1 Å². The molecule has 0 unspecified atom stereocenters. The minimum Gasteiger partial charge on any atom is -0.493 e. The summed E-state index contributed by atoms with van der Waals surface area (Å²) in [6, 6.07) is 7.45. The van der Waals surface area contributed by atoms with E-state index in [0.29, 0.717) is 53.7 Å². The number of hydrogen-bond acceptors (Lipinski definition) is 9. The molecule has 0 aliphatic carbocycles. The Labute approximate surface area is 209 Å². The molecule has 1 fully saturated rings. The first-order chi connectivity index (χ1) is 17.4. The van der Waals surface area contributed by atoms with Crippen LogP contribution in [0.15, 0.2) is 43.0 Å². The molecular formula is C24H28N6O5S. The van der Waals surface area contributed by atoms with Gasteiger partial charge in [-0.3, -0.25) is 0 Å². The smallest absolute Gasteiger partial charge is 0.230 e. The van der Waals surface area contributed by atoms with Crippen LogP contribution in [0.4, 0.5) is 0 Å². The first kappa shape index (κ1) is 24.2. The second kappa shape index (κ2) is 10.2. The van der Waals surface area contributed by atoms with Crippen LogP contribution >= 0.6 is 0 Å². The second-order valence-corrected chi connectivity index (χ2v) is 10.6. The normalized spacial score (nSPS) is 15.4. The van der Waals surface area contributed by atoms with Crippen LogP contribution in [0.3, 0.4) is 0 Å². The van der Waals surface area contributed by atoms with E-state index in [9.17, 15) is 8.42 Å². The summed E-state index contributed by atoms with van der Waals surface area (Å²) in [5.41, 5.74) is 1.46. The number of nitrogens with zero attached hydrogens (tertiary/aromatic N) is 5. The predicted molar refractivity (Wildman–Crippen MR) is 135 cm³/mol. The molecular weight excluding hydrogens is 484 g/mol. The summed E-state index contributed by atoms with van der Waals surface area (Å²) in [6.45, 7) is 3.81. The number of rotatable bonds is 9. The third-order valence-corrected chi connectivity index (χ3v) is 7.45. The molecule has 3 aromatic heterocycles. The largest absolute Gasteiger partial charge is 0.493 e. The Kier molecular flexibility index (Phi) is 6.90. The topological polar surface area (TPSA) is 123 Å². The van der Waals surface area contributed by atoms with Crippen LogP contribution < -0.4 is 14.2 Å². The molecule has 1 aliphatic rings. The highest BCUT2D eigenvalue weighted by Gasteiger charge is 2.23. The highest BCUT2D eigenvalue weighted by molar-refractivity contribution is 7.88. The number of ether oxygens (including phenoxy) is 3. The molecule has 0 spiro atoms. The van der Waals surface area contributed by atoms with E-state index in [1.807, 2.05) is 30.5 Å². The zero-order valence-corrected chi connectivity index (χ0v) is 21.0. The number of nitrogens with one attached hydrogen (secondary N) is 1. The fraction of sp³-hybridized carbons (Fsp3) is 0.375. The molecule has 0 amide bonds. The van der Waals surface area contributed by atoms with E-state index in [1.165, 1.54) is 16.9 Å². The monoisotopic (exact) mass is 512 g/mol. The van der Waals surface area contributed by atoms with E-state index in [4.69, 9.17) is 14.2 Å². The van der Waals surface area contributed by atoms with E-state index >= 15 is 0 Å². The lowest BCUT2D eigenvalue weighted by Crippen LogP contribution is -2.48. The molecule has 0 atom stereocenters. The van der Waals surface area contributed by atoms with E-state index < -0.39 is 10.0 Å². The van der Waals surface area contributed by atoms with Crippen molar-refractivity contribution >= 4 is 32.0 Å². The molecule has 4 heterocycles. The lowest BCUT2D eigenvalue weighted by molar-refractivity contribution is 0.174. The number of hydrogen-bond donors (Lipinski definition) is 1. The summed E-state index contributed by atoms with van der Waals surface area (Å²) in [5, 5.41) is 1.64. The number of piperazine rings is 1. The van der Waals surface area contributed by atoms with Crippen molar-refractivity contribution in [2.24, 2.45) is 0 Å². The van der Waals surface area contributed by atoms with Gasteiger partial charge in [-0.2, -0.15) is 4.31 Å². The third kappa shape index (κ3) is 5.35. The average molecular weight is 513 g/mol. The molecule has 4 aromatic rings. The zero-order valence-electron chi connectivity index (χ0n) is 20.2. The van der Waals surface area contributed by atoms with Gasteiger partial charge < -0.3 is 24.1 Å². The van der Waals surface area contributed by atoms with Crippen molar-refractivity contribution in [2.75, 3.05) is 52.7 Å². The number of H-pyrrole nitrogens is 1. The summed E-state index contributed by atoms with van der Waals surface area (Å²) < 4.78 is 42.5. The van der Waals surface area contributed by atoms with Gasteiger partial charge in [0.15, 0.2) is 11.5 Å². The zero-order chi connectivity index (χ0) is 25.1. The standard InChI is InChI=1S/C24H28N6O5S/c1-33-21-13-19-20(27-16-28-24(19)35-18-12-17-4-5-25-23(17)26-15-18)14-22(21)34-11-3-6-29-7-9-30(10-8-29)36(2,31)32/h4-5,12-16H,3,6-11H2,1-2H3,(H,25,26). The van der Waals surface area contributed by atoms with Crippen molar-refractivity contribution in [1.29, 1.82) is 0 Å². The van der Waals surface area contributed by atoms with Crippen molar-refractivity contribution in [3.05, 3.63) is 43.0 Å². The van der Waals surface area contributed by atoms with Gasteiger partial charge in [0, 0.05) is 50.4 Å². The van der Waals surface area contributed by atoms with Crippen LogP contribution in [0, 0.1) is 0 Å². The second-order valence-electron chi connectivity index (χ2n) is 8.59. The van der Waals surface area contributed by atoms with Crippen molar-refractivity contribution in [1.82, 2.24) is 29.1 Å². The molecule has 12 heteroatoms. The van der Waals surface area contributed by atoms with E-state index in [-0.39, 0.29) is 0 Å². The summed E-state index contributed by atoms with van der Waals surface area (Å²) in [6.07, 6.45) is 6.97. The minimum absolute atomic E-state index is 0.398. The van der Waals surface area contributed by atoms with Crippen LogP contribution in [0.5, 0.6) is 23.1 Å². The Balaban J connectivity index is 1.23. The fourth-order valence-corrected chi connectivity index (χ4v) is 5.06. The van der Waals surface area contributed by atoms with Gasteiger partial charge in [0.05, 0.1) is 37.1 Å². The summed E-state index contributed by atoms with van der Waals surface area (Å²) >= 11 is 0. The Hall–Kier alpha value is -3.48. The Morgan fingerprint density at radius 2 is 1.89 bits per heavy atom. The van der Waals surface area contributed by atoms with Crippen molar-refractivity contribution < 1.29 is 22.6 Å². The first-order valence-electron chi connectivity index (χ1n) is 11.6. The number of aromatic amines is 1. The highest BCUT2D eigenvalue weighted by atomic mass is 32.2. The molecule has 11 nitrogen and oxygen atoms in total. The van der Waals surface area contributed by atoms with Crippen LogP contribution in [-0.2, 0) is 10.0 Å². The number of benzene rings is 1. The average Bonchev–Trinajstić information content (AvgIpc) is 3.34. The van der Waals surface area contributed by atoms with Gasteiger partial charge in [0.2, 0.25) is 15.9 Å². The quantitative estimate of drug-likeness (QED) is 0.337. The van der Waals surface area contributed by atoms with Crippen LogP contribution in [-0.4, -0.2) is 90.3 Å². The van der Waals surface area contributed by atoms with E-state index in [1.54, 1.807) is 13.3 Å². The van der Waals surface area contributed by atoms with Crippen LogP contribution in [0.1, 0.15) is 6.42 Å². The Morgan fingerprint density at radius 1 is 1.06 bits per heavy atom. The maximum atomic E-state index is 11.7. The number of aromatic nitrogens is 4. The number of fused-ring (bicyclic) bond motifs is 2. The molecule has 1 N–H and O–H groups in total. The summed E-state index contributed by atoms with van der Waals surface area (Å²) in [5.74, 6) is 2.11. The van der Waals surface area contributed by atoms with Gasteiger partial charge in [0.1, 0.15) is 17.7 Å². The van der Waals surface area contributed by atoms with E-state index in [0.717, 1.165) is 37.1 Å². The number of sulfonamides is 1. The predicted octanol–water partition coefficient (Wildman–Crippen LogP) is 2.65. The molecule has 190 valence electrons. The van der Waals surface area contributed by atoms with E-state index in [2.05, 4.69) is 24.8 Å². The lowest BCUT2D eigenvalue weighted by atomic mass is 10.2. The third-order valence-electron chi connectivity index (χ3n) is 6.15. The van der Waals surface area contributed by atoms with Gasteiger partial charge in [-0.1, -0.05) is 0 Å². The number of methoxy groups -OCH3 is 1. The molecule has 0 bridgehead atoms. The SMILES string of the molecule is COc1cc2c(Oc3cnc4[nH]ccc4c3)ncnc2cc1OCCCN1CCN(S(C)(=O)=O)CC1. The van der Waals surface area contributed by atoms with Gasteiger partial charge in [-0.05, 0) is 24.6 Å². The van der Waals surface area contributed by atoms with Crippen LogP contribution in [0.25, 0.3) is 21.9 Å². The molecule has 5 rings (SSSR count). The fourth-order valence-electron chi connectivity index (χ4n) is 4.24. The first-order valence-corrected chi connectivity index (χ1v) is 13.5. The van der Waals surface area contributed by atoms with Gasteiger partial charge in [-0.15, -0.1) is 0 Å². The summed E-state index contributed by atoms with van der Waals surface area (Å²) in [7, 11) is -1.53. The van der Waals surface area contributed by atoms with Crippen LogP contribution in [0.2, 0.25) is 0 Å². The molecule has 36 heavy (non-hydrogen) atoms. The Bertz CT molecular complexity index is 1470. The van der Waals surface area contributed by atoms with Crippen molar-refractivity contribution in [2.45, 2.75) is 6.42 Å². The minimum atomic E-state index is -3.12. The highest BCUT2D eigenvalue weighted by Crippen LogP contribution is 2.36. The Morgan fingerprint density at radius 3 is 2.67 bits per heavy atom. The molecule has 1 saturated heterocycles. The van der Waals surface area contributed by atoms with Crippen molar-refractivity contribution in [3.63, 3.8) is 0 Å². The van der Waals surface area contributed by atoms with Gasteiger partial charge in [0.25, 0.3) is 0 Å². The maximum absolute atomic E-state index is 11.7. The molecule has 0 saturated carbocycles. The lowest BCUT2D eigenvalue weighted by Gasteiger charge is -2.33.